The van der Waals surface area contributed by atoms with Gasteiger partial charge in [-0.2, -0.15) is 0 Å². The molecule has 6 unspecified atom stereocenters. The molecule has 2 spiro atoms. The number of rotatable bonds is 4. The third-order valence-electron chi connectivity index (χ3n) is 21.4. The standard InChI is InChI=1S/C77H48N2O2/c1-75(2)59-28-14-10-21-45(59)46-33-32-42(36-62(46)75)78(65-31-17-13-20-44(65)41-18-4-3-5-19-41)43-34-55-53-37-63-57(73(80)70-49-24-8-6-22-47(49)68-51-26-11-15-29-60(51)76(63,68)70)39-66(53)79-67-40-58-64(38-54(67)56(35-43)72(55)79)77-61-30-16-12-27-52(61)69(77)48-23-7-9-25-50(48)71(77)74(58)81/h3-40,68-71H,1-2H3. The Hall–Kier alpha value is -9.64. The smallest absolute Gasteiger partial charge is 0.171 e. The third kappa shape index (κ3) is 4.67. The Morgan fingerprint density at radius 2 is 0.802 bits per heavy atom. The lowest BCUT2D eigenvalue weighted by Crippen LogP contribution is -2.43. The number of aromatic nitrogens is 1. The fourth-order valence-electron chi connectivity index (χ4n) is 18.5. The van der Waals surface area contributed by atoms with E-state index in [9.17, 15) is 0 Å². The average molecular weight is 1030 g/mol. The molecule has 0 aliphatic heterocycles. The van der Waals surface area contributed by atoms with Crippen molar-refractivity contribution < 1.29 is 9.59 Å². The molecule has 0 saturated carbocycles. The molecule has 2 aromatic heterocycles. The molecule has 7 aliphatic rings. The molecule has 4 heteroatoms. The first-order chi connectivity index (χ1) is 39.8. The molecule has 0 radical (unpaired) electrons. The number of anilines is 3. The van der Waals surface area contributed by atoms with Crippen LogP contribution in [0.15, 0.2) is 231 Å². The molecule has 4 nitrogen and oxygen atoms in total. The van der Waals surface area contributed by atoms with Gasteiger partial charge in [0.2, 0.25) is 0 Å². The highest BCUT2D eigenvalue weighted by Crippen LogP contribution is 2.75. The second kappa shape index (κ2) is 14.2. The quantitative estimate of drug-likeness (QED) is 0.176. The summed E-state index contributed by atoms with van der Waals surface area (Å²) in [7, 11) is 0. The topological polar surface area (TPSA) is 41.8 Å². The summed E-state index contributed by atoms with van der Waals surface area (Å²) < 4.78 is 2.43. The van der Waals surface area contributed by atoms with Gasteiger partial charge in [0, 0.05) is 77.7 Å². The number of ketones is 2. The number of fused-ring (bicyclic) bond motifs is 21. The molecule has 7 aliphatic carbocycles. The fraction of sp³-hybridized carbons (Fsp3) is 0.117. The van der Waals surface area contributed by atoms with Crippen molar-refractivity contribution >= 4 is 66.7 Å². The molecule has 378 valence electrons. The molecule has 0 saturated heterocycles. The van der Waals surface area contributed by atoms with Crippen molar-refractivity contribution in [2.75, 3.05) is 4.90 Å². The highest BCUT2D eigenvalue weighted by Gasteiger charge is 2.70. The third-order valence-corrected chi connectivity index (χ3v) is 21.4. The van der Waals surface area contributed by atoms with Crippen LogP contribution in [-0.2, 0) is 16.2 Å². The van der Waals surface area contributed by atoms with Crippen LogP contribution in [0.1, 0.15) is 125 Å². The van der Waals surface area contributed by atoms with E-state index in [0.717, 1.165) is 99.7 Å². The van der Waals surface area contributed by atoms with Crippen LogP contribution in [0.2, 0.25) is 0 Å². The Morgan fingerprint density at radius 1 is 0.346 bits per heavy atom. The van der Waals surface area contributed by atoms with Gasteiger partial charge in [0.1, 0.15) is 0 Å². The molecular formula is C77H48N2O2. The lowest BCUT2D eigenvalue weighted by molar-refractivity contribution is 0.0941. The number of benzene rings is 11. The predicted octanol–water partition coefficient (Wildman–Crippen LogP) is 17.7. The predicted molar refractivity (Wildman–Crippen MR) is 324 cm³/mol. The van der Waals surface area contributed by atoms with E-state index < -0.39 is 10.8 Å². The van der Waals surface area contributed by atoms with Crippen LogP contribution in [0.25, 0.3) is 60.3 Å². The minimum absolute atomic E-state index is 0.0869. The molecule has 0 bridgehead atoms. The molecule has 6 atom stereocenters. The van der Waals surface area contributed by atoms with E-state index in [1.54, 1.807) is 0 Å². The molecule has 81 heavy (non-hydrogen) atoms. The number of hydrogen-bond donors (Lipinski definition) is 0. The maximum Gasteiger partial charge on any atom is 0.171 e. The van der Waals surface area contributed by atoms with Gasteiger partial charge in [-0.1, -0.05) is 190 Å². The first kappa shape index (κ1) is 43.3. The number of carbonyl (C=O) groups excluding carboxylic acids is 2. The highest BCUT2D eigenvalue weighted by atomic mass is 16.1. The van der Waals surface area contributed by atoms with Gasteiger partial charge in [-0.3, -0.25) is 9.59 Å². The molecule has 0 amide bonds. The molecule has 11 aromatic carbocycles. The van der Waals surface area contributed by atoms with Crippen LogP contribution in [0.3, 0.4) is 0 Å². The zero-order valence-corrected chi connectivity index (χ0v) is 44.5. The van der Waals surface area contributed by atoms with Gasteiger partial charge in [-0.05, 0) is 138 Å². The minimum atomic E-state index is -0.497. The van der Waals surface area contributed by atoms with Crippen molar-refractivity contribution in [3.05, 3.63) is 308 Å². The molecule has 0 N–H and O–H groups in total. The van der Waals surface area contributed by atoms with Crippen molar-refractivity contribution in [1.29, 1.82) is 0 Å². The number of para-hydroxylation sites is 1. The van der Waals surface area contributed by atoms with E-state index in [4.69, 9.17) is 0 Å². The molecule has 0 fully saturated rings. The zero-order chi connectivity index (χ0) is 53.2. The van der Waals surface area contributed by atoms with Crippen LogP contribution in [0.5, 0.6) is 0 Å². The number of nitrogens with zero attached hydrogens (tertiary/aromatic N) is 2. The Kier molecular flexibility index (Phi) is 7.59. The maximum atomic E-state index is 15.7. The van der Waals surface area contributed by atoms with Crippen molar-refractivity contribution in [3.63, 3.8) is 0 Å². The average Bonchev–Trinajstić information content (AvgIpc) is 1.59. The number of carbonyl (C=O) groups is 2. The van der Waals surface area contributed by atoms with Gasteiger partial charge >= 0.3 is 0 Å². The second-order valence-electron chi connectivity index (χ2n) is 24.8. The van der Waals surface area contributed by atoms with Crippen LogP contribution < -0.4 is 4.90 Å². The van der Waals surface area contributed by atoms with E-state index in [-0.39, 0.29) is 40.7 Å². The van der Waals surface area contributed by atoms with Gasteiger partial charge in [0.25, 0.3) is 0 Å². The largest absolute Gasteiger partial charge is 0.310 e. The normalized spacial score (nSPS) is 22.7. The van der Waals surface area contributed by atoms with Gasteiger partial charge in [0.05, 0.1) is 34.1 Å². The monoisotopic (exact) mass is 1030 g/mol. The number of hydrogen-bond acceptors (Lipinski definition) is 3. The van der Waals surface area contributed by atoms with Crippen molar-refractivity contribution in [3.8, 4) is 22.3 Å². The van der Waals surface area contributed by atoms with Crippen LogP contribution >= 0.6 is 0 Å². The van der Waals surface area contributed by atoms with Crippen LogP contribution in [-0.4, -0.2) is 16.0 Å². The molecule has 13 aromatic rings. The minimum Gasteiger partial charge on any atom is -0.310 e. The fourth-order valence-corrected chi connectivity index (χ4v) is 18.5. The van der Waals surface area contributed by atoms with Gasteiger partial charge in [0.15, 0.2) is 11.6 Å². The number of Topliss-reactive ketones (excluding diaryl/α,β-unsaturated/α-hetero) is 2. The van der Waals surface area contributed by atoms with Gasteiger partial charge in [-0.15, -0.1) is 0 Å². The Labute approximate surface area is 467 Å². The summed E-state index contributed by atoms with van der Waals surface area (Å²) >= 11 is 0. The summed E-state index contributed by atoms with van der Waals surface area (Å²) in [4.78, 5) is 33.9. The summed E-state index contributed by atoms with van der Waals surface area (Å²) in [6.07, 6.45) is 0. The molecule has 20 rings (SSSR count). The van der Waals surface area contributed by atoms with Crippen molar-refractivity contribution in [2.24, 2.45) is 0 Å². The maximum absolute atomic E-state index is 15.7. The lowest BCUT2D eigenvalue weighted by Gasteiger charge is -2.48. The van der Waals surface area contributed by atoms with Crippen LogP contribution in [0, 0.1) is 0 Å². The van der Waals surface area contributed by atoms with Crippen molar-refractivity contribution in [2.45, 2.75) is 53.8 Å². The summed E-state index contributed by atoms with van der Waals surface area (Å²) in [6, 6.07) is 85.1. The van der Waals surface area contributed by atoms with E-state index >= 15 is 9.59 Å². The highest BCUT2D eigenvalue weighted by molar-refractivity contribution is 6.27. The van der Waals surface area contributed by atoms with E-state index in [2.05, 4.69) is 254 Å². The SMILES string of the molecule is CC1(C)c2ccccc2-c2ccc(N(c3cc4c5cc6c(cc5n5c7cc8c(cc7c(c3)c45)C34c5ccccc5C3c3ccccc3C4C8=O)C(=O)C3c4ccccc4C4c5ccccc5C634)c3ccccc3-c3ccccc3)cc21. The van der Waals surface area contributed by atoms with Gasteiger partial charge in [-0.25, -0.2) is 0 Å². The summed E-state index contributed by atoms with van der Waals surface area (Å²) in [6.45, 7) is 4.73. The lowest BCUT2D eigenvalue weighted by atomic mass is 9.52. The van der Waals surface area contributed by atoms with E-state index in [0.29, 0.717) is 0 Å². The van der Waals surface area contributed by atoms with Crippen LogP contribution in [0.4, 0.5) is 17.1 Å². The van der Waals surface area contributed by atoms with Gasteiger partial charge < -0.3 is 9.30 Å². The first-order valence-corrected chi connectivity index (χ1v) is 28.8. The Bertz CT molecular complexity index is 4920. The summed E-state index contributed by atoms with van der Waals surface area (Å²) in [5.41, 5.74) is 26.5. The van der Waals surface area contributed by atoms with Crippen molar-refractivity contribution in [1.82, 2.24) is 4.40 Å². The molecular weight excluding hydrogens is 985 g/mol. The Morgan fingerprint density at radius 3 is 1.37 bits per heavy atom. The van der Waals surface area contributed by atoms with E-state index in [1.807, 2.05) is 0 Å². The first-order valence-electron chi connectivity index (χ1n) is 28.8. The summed E-state index contributed by atoms with van der Waals surface area (Å²) in [5.74, 6) is -0.0436. The zero-order valence-electron chi connectivity index (χ0n) is 44.5. The second-order valence-corrected chi connectivity index (χ2v) is 24.8. The summed E-state index contributed by atoms with van der Waals surface area (Å²) in [5, 5.41) is 4.49. The van der Waals surface area contributed by atoms with E-state index in [1.165, 1.54) is 55.6 Å². The molecule has 2 heterocycles. The Balaban J connectivity index is 0.911.